The highest BCUT2D eigenvalue weighted by Gasteiger charge is 2.41. The van der Waals surface area contributed by atoms with Gasteiger partial charge in [-0.3, -0.25) is 0 Å². The molecule has 3 rings (SSSR count). The molecule has 1 saturated carbocycles. The van der Waals surface area contributed by atoms with Crippen molar-refractivity contribution in [2.75, 3.05) is 40.4 Å². The van der Waals surface area contributed by atoms with Gasteiger partial charge in [-0.25, -0.2) is 4.79 Å². The van der Waals surface area contributed by atoms with E-state index in [2.05, 4.69) is 10.6 Å². The summed E-state index contributed by atoms with van der Waals surface area (Å²) in [5.41, 5.74) is 0.0329. The lowest BCUT2D eigenvalue weighted by molar-refractivity contribution is -0.0564. The summed E-state index contributed by atoms with van der Waals surface area (Å²) in [5.74, 6) is 0.745. The van der Waals surface area contributed by atoms with E-state index in [1.54, 1.807) is 7.11 Å². The van der Waals surface area contributed by atoms with Gasteiger partial charge >= 0.3 is 6.03 Å². The molecule has 3 atom stereocenters. The highest BCUT2D eigenvalue weighted by Crippen LogP contribution is 2.39. The molecular formula is C28H47N3O3. The number of unbranched alkanes of at least 4 members (excludes halogenated alkanes) is 1. The molecule has 0 radical (unpaired) electrons. The van der Waals surface area contributed by atoms with Crippen LogP contribution in [0.5, 0.6) is 0 Å². The molecule has 2 amide bonds. The third-order valence-electron chi connectivity index (χ3n) is 7.93. The minimum Gasteiger partial charge on any atom is -0.385 e. The van der Waals surface area contributed by atoms with Crippen LogP contribution in [0.4, 0.5) is 4.79 Å². The Bertz CT molecular complexity index is 710. The van der Waals surface area contributed by atoms with Gasteiger partial charge in [0.05, 0.1) is 5.60 Å². The van der Waals surface area contributed by atoms with Crippen molar-refractivity contribution in [3.05, 3.63) is 35.9 Å². The molecule has 6 heteroatoms. The average Bonchev–Trinajstić information content (AvgIpc) is 2.88. The van der Waals surface area contributed by atoms with Gasteiger partial charge in [-0.05, 0) is 57.1 Å². The molecule has 2 aliphatic rings. The normalized spacial score (nSPS) is 22.2. The summed E-state index contributed by atoms with van der Waals surface area (Å²) in [6.45, 7) is 2.86. The minimum absolute atomic E-state index is 0.0237. The van der Waals surface area contributed by atoms with Crippen molar-refractivity contribution < 1.29 is 14.6 Å². The number of likely N-dealkylation sites (N-methyl/N-ethyl adjacent to an activating group) is 1. The first-order valence-corrected chi connectivity index (χ1v) is 13.5. The molecule has 0 bridgehead atoms. The van der Waals surface area contributed by atoms with Crippen molar-refractivity contribution >= 4 is 6.03 Å². The molecule has 1 aliphatic carbocycles. The van der Waals surface area contributed by atoms with Crippen LogP contribution in [-0.4, -0.2) is 62.5 Å². The fourth-order valence-corrected chi connectivity index (χ4v) is 6.03. The van der Waals surface area contributed by atoms with E-state index >= 15 is 0 Å². The van der Waals surface area contributed by atoms with Crippen LogP contribution in [0.1, 0.15) is 76.2 Å². The predicted octanol–water partition coefficient (Wildman–Crippen LogP) is 4.67. The summed E-state index contributed by atoms with van der Waals surface area (Å²) >= 11 is 0. The first kappa shape index (κ1) is 27.0. The van der Waals surface area contributed by atoms with E-state index < -0.39 is 5.60 Å². The van der Waals surface area contributed by atoms with Gasteiger partial charge in [-0.1, -0.05) is 62.4 Å². The van der Waals surface area contributed by atoms with Gasteiger partial charge in [-0.15, -0.1) is 0 Å². The number of benzene rings is 1. The molecule has 0 spiro atoms. The van der Waals surface area contributed by atoms with Gasteiger partial charge in [0.25, 0.3) is 0 Å². The van der Waals surface area contributed by atoms with Crippen molar-refractivity contribution in [1.82, 2.24) is 15.5 Å². The van der Waals surface area contributed by atoms with Crippen molar-refractivity contribution in [2.45, 2.75) is 82.3 Å². The number of carbonyl (C=O) groups is 1. The number of nitrogens with one attached hydrogen (secondary N) is 2. The molecule has 1 aromatic carbocycles. The number of hydrogen-bond acceptors (Lipinski definition) is 4. The van der Waals surface area contributed by atoms with E-state index in [1.807, 2.05) is 42.3 Å². The van der Waals surface area contributed by atoms with Crippen LogP contribution >= 0.6 is 0 Å². The van der Waals surface area contributed by atoms with Crippen LogP contribution in [0.2, 0.25) is 0 Å². The Hall–Kier alpha value is -1.63. The molecule has 1 aliphatic heterocycles. The largest absolute Gasteiger partial charge is 0.385 e. The summed E-state index contributed by atoms with van der Waals surface area (Å²) in [5, 5.41) is 18.6. The average molecular weight is 474 g/mol. The number of piperidine rings is 1. The third-order valence-corrected chi connectivity index (χ3v) is 7.93. The summed E-state index contributed by atoms with van der Waals surface area (Å²) in [4.78, 5) is 15.3. The Morgan fingerprint density at radius 1 is 1.15 bits per heavy atom. The molecule has 192 valence electrons. The Morgan fingerprint density at radius 3 is 2.62 bits per heavy atom. The number of rotatable bonds is 12. The number of ether oxygens (including phenoxy) is 1. The fraction of sp³-hybridized carbons (Fsp3) is 0.750. The maximum Gasteiger partial charge on any atom is 0.317 e. The zero-order chi connectivity index (χ0) is 24.2. The number of nitrogens with zero attached hydrogens (tertiary/aromatic N) is 1. The molecule has 3 N–H and O–H groups in total. The highest BCUT2D eigenvalue weighted by molar-refractivity contribution is 5.74. The van der Waals surface area contributed by atoms with Gasteiger partial charge in [0, 0.05) is 45.3 Å². The third kappa shape index (κ3) is 7.69. The summed E-state index contributed by atoms with van der Waals surface area (Å²) < 4.78 is 5.22. The molecular weight excluding hydrogens is 426 g/mol. The van der Waals surface area contributed by atoms with Crippen molar-refractivity contribution in [3.63, 3.8) is 0 Å². The maximum absolute atomic E-state index is 13.3. The van der Waals surface area contributed by atoms with Crippen LogP contribution in [0.3, 0.4) is 0 Å². The van der Waals surface area contributed by atoms with Crippen LogP contribution in [0, 0.1) is 11.8 Å². The Balaban J connectivity index is 1.64. The lowest BCUT2D eigenvalue weighted by Gasteiger charge is -2.43. The molecule has 34 heavy (non-hydrogen) atoms. The Morgan fingerprint density at radius 2 is 1.91 bits per heavy atom. The van der Waals surface area contributed by atoms with Crippen LogP contribution in [0.15, 0.2) is 30.3 Å². The molecule has 2 fully saturated rings. The smallest absolute Gasteiger partial charge is 0.317 e. The minimum atomic E-state index is -0.930. The maximum atomic E-state index is 13.3. The first-order valence-electron chi connectivity index (χ1n) is 13.5. The highest BCUT2D eigenvalue weighted by atomic mass is 16.5. The summed E-state index contributed by atoms with van der Waals surface area (Å²) in [6, 6.07) is 10.2. The fourth-order valence-electron chi connectivity index (χ4n) is 6.03. The van der Waals surface area contributed by atoms with Crippen LogP contribution in [0.25, 0.3) is 0 Å². The van der Waals surface area contributed by atoms with E-state index in [1.165, 1.54) is 32.1 Å². The Labute approximate surface area is 206 Å². The summed E-state index contributed by atoms with van der Waals surface area (Å²) in [7, 11) is 3.68. The number of likely N-dealkylation sites (tertiary alicyclic amines) is 1. The van der Waals surface area contributed by atoms with Gasteiger partial charge < -0.3 is 25.4 Å². The van der Waals surface area contributed by atoms with E-state index in [9.17, 15) is 9.90 Å². The van der Waals surface area contributed by atoms with Crippen molar-refractivity contribution in [3.8, 4) is 0 Å². The number of urea groups is 1. The molecule has 0 aromatic heterocycles. The van der Waals surface area contributed by atoms with Crippen molar-refractivity contribution in [2.24, 2.45) is 11.8 Å². The molecule has 1 aromatic rings. The zero-order valence-corrected chi connectivity index (χ0v) is 21.4. The second-order valence-electron chi connectivity index (χ2n) is 10.5. The van der Waals surface area contributed by atoms with E-state index in [-0.39, 0.29) is 18.0 Å². The lowest BCUT2D eigenvalue weighted by Crippen LogP contribution is -2.54. The molecule has 1 heterocycles. The Kier molecular flexibility index (Phi) is 11.1. The van der Waals surface area contributed by atoms with Crippen LogP contribution in [-0.2, 0) is 10.3 Å². The van der Waals surface area contributed by atoms with Gasteiger partial charge in [0.1, 0.15) is 0 Å². The molecule has 1 saturated heterocycles. The van der Waals surface area contributed by atoms with Gasteiger partial charge in [0.2, 0.25) is 0 Å². The SMILES string of the molecule is CNCC(CC1CCCCC1)NC(=O)N1CCCC(C(O)(CCCCOC)c2ccccc2)C1. The van der Waals surface area contributed by atoms with Gasteiger partial charge in [-0.2, -0.15) is 0 Å². The number of amides is 2. The monoisotopic (exact) mass is 473 g/mol. The van der Waals surface area contributed by atoms with E-state index in [0.29, 0.717) is 19.6 Å². The number of methoxy groups -OCH3 is 1. The number of hydrogen-bond donors (Lipinski definition) is 3. The second kappa shape index (κ2) is 14.1. The zero-order valence-electron chi connectivity index (χ0n) is 21.4. The molecule has 3 unspecified atom stereocenters. The topological polar surface area (TPSA) is 73.8 Å². The quantitative estimate of drug-likeness (QED) is 0.386. The first-order chi connectivity index (χ1) is 16.6. The standard InChI is InChI=1S/C28H47N3O3/c1-29-21-26(20-23-12-5-3-6-13-23)30-27(32)31-18-11-16-25(22-31)28(33,17-9-10-19-34-2)24-14-7-4-8-15-24/h4,7-8,14-15,23,25-26,29,33H,3,5-6,9-13,16-22H2,1-2H3,(H,30,32). The molecule has 6 nitrogen and oxygen atoms in total. The van der Waals surface area contributed by atoms with Crippen molar-refractivity contribution in [1.29, 1.82) is 0 Å². The lowest BCUT2D eigenvalue weighted by atomic mass is 9.74. The number of carbonyl (C=O) groups excluding carboxylic acids is 1. The number of aliphatic hydroxyl groups is 1. The predicted molar refractivity (Wildman–Crippen MR) is 138 cm³/mol. The summed E-state index contributed by atoms with van der Waals surface area (Å²) in [6.07, 6.45) is 12.0. The second-order valence-corrected chi connectivity index (χ2v) is 10.5. The van der Waals surface area contributed by atoms with E-state index in [4.69, 9.17) is 4.74 Å². The van der Waals surface area contributed by atoms with E-state index in [0.717, 1.165) is 56.7 Å². The van der Waals surface area contributed by atoms with Gasteiger partial charge in [0.15, 0.2) is 0 Å². The van der Waals surface area contributed by atoms with Crippen LogP contribution < -0.4 is 10.6 Å².